The highest BCUT2D eigenvalue weighted by Gasteiger charge is 2.33. The molecule has 1 atom stereocenters. The van der Waals surface area contributed by atoms with Crippen LogP contribution in [0.5, 0.6) is 0 Å². The highest BCUT2D eigenvalue weighted by molar-refractivity contribution is 5.67. The van der Waals surface area contributed by atoms with Gasteiger partial charge < -0.3 is 14.7 Å². The molecule has 1 saturated heterocycles. The molecular weight excluding hydrogens is 252 g/mol. The van der Waals surface area contributed by atoms with E-state index in [0.717, 1.165) is 24.6 Å². The van der Waals surface area contributed by atoms with E-state index < -0.39 is 0 Å². The van der Waals surface area contributed by atoms with Crippen molar-refractivity contribution < 1.29 is 0 Å². The van der Waals surface area contributed by atoms with Crippen LogP contribution in [0.15, 0.2) is 18.6 Å². The minimum absolute atomic E-state index is 0.324. The van der Waals surface area contributed by atoms with Crippen molar-refractivity contribution in [3.63, 3.8) is 0 Å². The molecule has 3 N–H and O–H groups in total. The first-order chi connectivity index (χ1) is 9.49. The van der Waals surface area contributed by atoms with Crippen molar-refractivity contribution >= 4 is 17.3 Å². The van der Waals surface area contributed by atoms with E-state index in [0.29, 0.717) is 17.2 Å². The molecule has 2 aromatic rings. The minimum atomic E-state index is 0.324. The molecule has 1 aliphatic heterocycles. The van der Waals surface area contributed by atoms with E-state index in [1.54, 1.807) is 6.20 Å². The average molecular weight is 274 g/mol. The van der Waals surface area contributed by atoms with Crippen molar-refractivity contribution in [2.24, 2.45) is 17.2 Å². The van der Waals surface area contributed by atoms with Gasteiger partial charge in [-0.2, -0.15) is 0 Å². The summed E-state index contributed by atoms with van der Waals surface area (Å²) in [5.41, 5.74) is 3.84. The zero-order chi connectivity index (χ0) is 14.3. The Kier molecular flexibility index (Phi) is 3.05. The molecule has 0 spiro atoms. The number of hydrogen-bond donors (Lipinski definition) is 2. The van der Waals surface area contributed by atoms with Gasteiger partial charge in [0.05, 0.1) is 6.20 Å². The fourth-order valence-corrected chi connectivity index (χ4v) is 2.86. The lowest BCUT2D eigenvalue weighted by Crippen LogP contribution is -2.27. The third-order valence-electron chi connectivity index (χ3n) is 4.22. The van der Waals surface area contributed by atoms with E-state index in [2.05, 4.69) is 41.1 Å². The Morgan fingerprint density at radius 3 is 2.85 bits per heavy atom. The van der Waals surface area contributed by atoms with E-state index in [1.807, 2.05) is 16.8 Å². The summed E-state index contributed by atoms with van der Waals surface area (Å²) in [7, 11) is 0. The number of fused-ring (bicyclic) bond motifs is 1. The van der Waals surface area contributed by atoms with E-state index in [4.69, 9.17) is 5.84 Å². The normalized spacial score (nSPS) is 19.8. The summed E-state index contributed by atoms with van der Waals surface area (Å²) in [5, 5.41) is 0. The van der Waals surface area contributed by atoms with Gasteiger partial charge in [0, 0.05) is 25.5 Å². The van der Waals surface area contributed by atoms with Gasteiger partial charge in [-0.05, 0) is 17.8 Å². The molecule has 0 bridgehead atoms. The van der Waals surface area contributed by atoms with Crippen molar-refractivity contribution in [2.75, 3.05) is 23.4 Å². The van der Waals surface area contributed by atoms with Crippen molar-refractivity contribution in [1.29, 1.82) is 0 Å². The Hall–Kier alpha value is -1.82. The average Bonchev–Trinajstić information content (AvgIpc) is 3.05. The third kappa shape index (κ3) is 2.20. The zero-order valence-electron chi connectivity index (χ0n) is 12.3. The molecule has 1 aliphatic rings. The molecule has 0 aromatic carbocycles. The smallest absolute Gasteiger partial charge is 0.180 e. The van der Waals surface area contributed by atoms with Gasteiger partial charge in [0.2, 0.25) is 0 Å². The first kappa shape index (κ1) is 13.2. The number of hydrazine groups is 1. The van der Waals surface area contributed by atoms with Crippen LogP contribution in [0.1, 0.15) is 27.2 Å². The third-order valence-corrected chi connectivity index (χ3v) is 4.22. The number of nitrogens with zero attached hydrogens (tertiary/aromatic N) is 4. The molecule has 1 unspecified atom stereocenters. The lowest BCUT2D eigenvalue weighted by molar-refractivity contribution is 0.263. The molecule has 6 nitrogen and oxygen atoms in total. The molecule has 0 radical (unpaired) electrons. The number of nitrogens with two attached hydrogens (primary N) is 1. The van der Waals surface area contributed by atoms with Gasteiger partial charge in [-0.1, -0.05) is 20.8 Å². The van der Waals surface area contributed by atoms with Crippen molar-refractivity contribution in [3.05, 3.63) is 18.6 Å². The Balaban J connectivity index is 1.96. The molecule has 3 heterocycles. The van der Waals surface area contributed by atoms with Crippen LogP contribution >= 0.6 is 0 Å². The number of aromatic nitrogens is 3. The van der Waals surface area contributed by atoms with Gasteiger partial charge in [0.1, 0.15) is 0 Å². The summed E-state index contributed by atoms with van der Waals surface area (Å²) in [6, 6.07) is 0. The van der Waals surface area contributed by atoms with Crippen molar-refractivity contribution in [3.8, 4) is 0 Å². The fourth-order valence-electron chi connectivity index (χ4n) is 2.86. The Morgan fingerprint density at radius 2 is 2.20 bits per heavy atom. The number of imidazole rings is 1. The Labute approximate surface area is 119 Å². The number of nitrogen functional groups attached to an aromatic ring is 1. The predicted molar refractivity (Wildman–Crippen MR) is 80.6 cm³/mol. The number of rotatable bonds is 2. The van der Waals surface area contributed by atoms with Crippen molar-refractivity contribution in [2.45, 2.75) is 27.2 Å². The maximum absolute atomic E-state index is 5.51. The Morgan fingerprint density at radius 1 is 1.40 bits per heavy atom. The van der Waals surface area contributed by atoms with Gasteiger partial charge in [-0.25, -0.2) is 15.8 Å². The molecular formula is C14H22N6. The van der Waals surface area contributed by atoms with Gasteiger partial charge in [0.25, 0.3) is 0 Å². The SMILES string of the molecule is CC(C)(C)C1CCN(c2nc(NN)cn3ccnc23)C1. The van der Waals surface area contributed by atoms with E-state index in [9.17, 15) is 0 Å². The van der Waals surface area contributed by atoms with E-state index in [-0.39, 0.29) is 0 Å². The van der Waals surface area contributed by atoms with Gasteiger partial charge in [-0.15, -0.1) is 0 Å². The number of nitrogens with one attached hydrogen (secondary N) is 1. The second-order valence-electron chi connectivity index (χ2n) is 6.55. The lowest BCUT2D eigenvalue weighted by Gasteiger charge is -2.27. The lowest BCUT2D eigenvalue weighted by atomic mass is 9.80. The maximum atomic E-state index is 5.51. The summed E-state index contributed by atoms with van der Waals surface area (Å²) in [5.74, 6) is 7.75. The molecule has 2 aromatic heterocycles. The van der Waals surface area contributed by atoms with E-state index in [1.165, 1.54) is 6.42 Å². The quantitative estimate of drug-likeness (QED) is 0.646. The van der Waals surface area contributed by atoms with Crippen LogP contribution in [0.2, 0.25) is 0 Å². The second kappa shape index (κ2) is 4.63. The first-order valence-corrected chi connectivity index (χ1v) is 7.04. The molecule has 1 fully saturated rings. The summed E-state index contributed by atoms with van der Waals surface area (Å²) < 4.78 is 1.96. The molecule has 0 aliphatic carbocycles. The van der Waals surface area contributed by atoms with Crippen molar-refractivity contribution in [1.82, 2.24) is 14.4 Å². The van der Waals surface area contributed by atoms with Crippen LogP contribution in [-0.2, 0) is 0 Å². The van der Waals surface area contributed by atoms with Gasteiger partial charge >= 0.3 is 0 Å². The molecule has 108 valence electrons. The van der Waals surface area contributed by atoms with Crippen LogP contribution in [-0.4, -0.2) is 27.5 Å². The molecule has 20 heavy (non-hydrogen) atoms. The van der Waals surface area contributed by atoms with Crippen LogP contribution in [0.25, 0.3) is 5.65 Å². The molecule has 6 heteroatoms. The molecule has 0 amide bonds. The van der Waals surface area contributed by atoms with Gasteiger partial charge in [-0.3, -0.25) is 0 Å². The monoisotopic (exact) mass is 274 g/mol. The summed E-state index contributed by atoms with van der Waals surface area (Å²) in [4.78, 5) is 11.3. The summed E-state index contributed by atoms with van der Waals surface area (Å²) >= 11 is 0. The van der Waals surface area contributed by atoms with E-state index >= 15 is 0 Å². The van der Waals surface area contributed by atoms with Crippen LogP contribution in [0.3, 0.4) is 0 Å². The zero-order valence-corrected chi connectivity index (χ0v) is 12.3. The predicted octanol–water partition coefficient (Wildman–Crippen LogP) is 1.89. The maximum Gasteiger partial charge on any atom is 0.180 e. The highest BCUT2D eigenvalue weighted by atomic mass is 15.3. The van der Waals surface area contributed by atoms with Crippen LogP contribution in [0.4, 0.5) is 11.6 Å². The van der Waals surface area contributed by atoms with Crippen LogP contribution in [0, 0.1) is 11.3 Å². The van der Waals surface area contributed by atoms with Crippen LogP contribution < -0.4 is 16.2 Å². The second-order valence-corrected chi connectivity index (χ2v) is 6.55. The first-order valence-electron chi connectivity index (χ1n) is 7.04. The molecule has 3 rings (SSSR count). The Bertz CT molecular complexity index is 612. The highest BCUT2D eigenvalue weighted by Crippen LogP contribution is 2.36. The summed E-state index contributed by atoms with van der Waals surface area (Å²) in [6.45, 7) is 8.95. The minimum Gasteiger partial charge on any atom is -0.353 e. The molecule has 0 saturated carbocycles. The fraction of sp³-hybridized carbons (Fsp3) is 0.571. The standard InChI is InChI=1S/C14H22N6/c1-14(2,3)10-4-6-19(8-10)13-12-16-5-7-20(12)9-11(17-13)18-15/h5,7,9-10,18H,4,6,8,15H2,1-3H3. The topological polar surface area (TPSA) is 71.5 Å². The number of anilines is 2. The number of hydrogen-bond acceptors (Lipinski definition) is 5. The summed E-state index contributed by atoms with van der Waals surface area (Å²) in [6.07, 6.45) is 6.75. The largest absolute Gasteiger partial charge is 0.353 e. The van der Waals surface area contributed by atoms with Gasteiger partial charge in [0.15, 0.2) is 17.3 Å².